The highest BCUT2D eigenvalue weighted by atomic mass is 127. The summed E-state index contributed by atoms with van der Waals surface area (Å²) in [7, 11) is 2.13. The van der Waals surface area contributed by atoms with E-state index in [2.05, 4.69) is 63.0 Å². The largest absolute Gasteiger partial charge is 0.488 e. The first-order valence-corrected chi connectivity index (χ1v) is 12.3. The summed E-state index contributed by atoms with van der Waals surface area (Å²) in [4.78, 5) is 17.2. The molecule has 4 rings (SSSR count). The molecule has 1 N–H and O–H groups in total. The Labute approximate surface area is 207 Å². The van der Waals surface area contributed by atoms with Crippen LogP contribution in [0.1, 0.15) is 28.8 Å². The topological polar surface area (TPSA) is 44.8 Å². The van der Waals surface area contributed by atoms with Crippen molar-refractivity contribution >= 4 is 51.7 Å². The Hall–Kier alpha value is -1.06. The summed E-state index contributed by atoms with van der Waals surface area (Å²) < 4.78 is 7.42. The van der Waals surface area contributed by atoms with E-state index < -0.39 is 0 Å². The minimum absolute atomic E-state index is 0.114. The third-order valence-electron chi connectivity index (χ3n) is 5.83. The van der Waals surface area contributed by atoms with E-state index in [4.69, 9.17) is 27.9 Å². The number of likely N-dealkylation sites (tertiary alicyclic amines) is 2. The molecular weight excluding hydrogens is 548 g/mol. The fourth-order valence-corrected chi connectivity index (χ4v) is 4.93. The summed E-state index contributed by atoms with van der Waals surface area (Å²) in [6.07, 6.45) is 2.26. The van der Waals surface area contributed by atoms with Crippen molar-refractivity contribution in [2.75, 3.05) is 33.2 Å². The van der Waals surface area contributed by atoms with Crippen molar-refractivity contribution in [3.05, 3.63) is 61.1 Å². The molecule has 0 saturated carbocycles. The van der Waals surface area contributed by atoms with Crippen LogP contribution in [0.15, 0.2) is 36.4 Å². The smallest absolute Gasteiger partial charge is 0.251 e. The lowest BCUT2D eigenvalue weighted by atomic mass is 10.2. The molecule has 8 heteroatoms. The Morgan fingerprint density at radius 3 is 2.71 bits per heavy atom. The average molecular weight is 574 g/mol. The standard InChI is InChI=1S/C23H26Cl2IN3O2/c1-28-8-7-18(14-28)31-22-10-15(2-5-21(22)26)12-29-9-6-17(13-29)27-23(30)16-3-4-19(24)20(25)11-16/h2-5,10-11,17-18H,6-9,12-14H2,1H3,(H,27,30)/t17-,18?/m0/s1. The van der Waals surface area contributed by atoms with Crippen LogP contribution >= 0.6 is 45.8 Å². The Balaban J connectivity index is 1.32. The van der Waals surface area contributed by atoms with E-state index >= 15 is 0 Å². The first kappa shape index (κ1) is 23.1. The van der Waals surface area contributed by atoms with Gasteiger partial charge in [0.15, 0.2) is 0 Å². The summed E-state index contributed by atoms with van der Waals surface area (Å²) >= 11 is 14.3. The van der Waals surface area contributed by atoms with E-state index in [9.17, 15) is 4.79 Å². The molecule has 0 aromatic heterocycles. The fraction of sp³-hybridized carbons (Fsp3) is 0.435. The van der Waals surface area contributed by atoms with E-state index in [0.29, 0.717) is 15.6 Å². The van der Waals surface area contributed by atoms with Gasteiger partial charge in [-0.25, -0.2) is 0 Å². The quantitative estimate of drug-likeness (QED) is 0.510. The highest BCUT2D eigenvalue weighted by Crippen LogP contribution is 2.27. The molecule has 31 heavy (non-hydrogen) atoms. The van der Waals surface area contributed by atoms with Crippen LogP contribution in [0.2, 0.25) is 10.0 Å². The van der Waals surface area contributed by atoms with Gasteiger partial charge in [-0.3, -0.25) is 9.69 Å². The number of carbonyl (C=O) groups excluding carboxylic acids is 1. The van der Waals surface area contributed by atoms with Gasteiger partial charge in [-0.1, -0.05) is 29.3 Å². The molecule has 1 amide bonds. The zero-order valence-corrected chi connectivity index (χ0v) is 21.1. The minimum atomic E-state index is -0.114. The number of amides is 1. The third-order valence-corrected chi connectivity index (χ3v) is 7.46. The normalized spacial score (nSPS) is 22.1. The molecule has 2 aliphatic rings. The number of hydrogen-bond acceptors (Lipinski definition) is 4. The molecule has 2 saturated heterocycles. The van der Waals surface area contributed by atoms with Gasteiger partial charge < -0.3 is 15.0 Å². The molecule has 2 aromatic rings. The monoisotopic (exact) mass is 573 g/mol. The predicted octanol–water partition coefficient (Wildman–Crippen LogP) is 4.69. The first-order chi connectivity index (χ1) is 14.9. The van der Waals surface area contributed by atoms with Gasteiger partial charge in [0.2, 0.25) is 0 Å². The second-order valence-electron chi connectivity index (χ2n) is 8.38. The first-order valence-electron chi connectivity index (χ1n) is 10.5. The number of nitrogens with zero attached hydrogens (tertiary/aromatic N) is 2. The maximum Gasteiger partial charge on any atom is 0.251 e. The van der Waals surface area contributed by atoms with Gasteiger partial charge in [-0.2, -0.15) is 0 Å². The van der Waals surface area contributed by atoms with Gasteiger partial charge in [0.25, 0.3) is 5.91 Å². The van der Waals surface area contributed by atoms with Gasteiger partial charge in [0, 0.05) is 44.3 Å². The van der Waals surface area contributed by atoms with Crippen LogP contribution in [0, 0.1) is 3.57 Å². The van der Waals surface area contributed by atoms with Gasteiger partial charge in [0.1, 0.15) is 11.9 Å². The van der Waals surface area contributed by atoms with Gasteiger partial charge in [0.05, 0.1) is 13.6 Å². The van der Waals surface area contributed by atoms with Crippen LogP contribution in [-0.2, 0) is 6.54 Å². The predicted molar refractivity (Wildman–Crippen MR) is 133 cm³/mol. The molecule has 2 atom stereocenters. The van der Waals surface area contributed by atoms with Crippen LogP contribution in [0.25, 0.3) is 0 Å². The molecule has 5 nitrogen and oxygen atoms in total. The molecule has 1 unspecified atom stereocenters. The summed E-state index contributed by atoms with van der Waals surface area (Å²) in [6.45, 7) is 4.68. The van der Waals surface area contributed by atoms with Crippen molar-refractivity contribution in [3.8, 4) is 5.75 Å². The summed E-state index contributed by atoms with van der Waals surface area (Å²) in [5.74, 6) is 0.860. The maximum atomic E-state index is 12.5. The number of halogens is 3. The molecule has 2 aliphatic heterocycles. The van der Waals surface area contributed by atoms with E-state index in [1.165, 1.54) is 5.56 Å². The molecule has 166 valence electrons. The van der Waals surface area contributed by atoms with E-state index in [-0.39, 0.29) is 18.1 Å². The number of hydrogen-bond donors (Lipinski definition) is 1. The fourth-order valence-electron chi connectivity index (χ4n) is 4.17. The number of carbonyl (C=O) groups is 1. The number of rotatable bonds is 6. The van der Waals surface area contributed by atoms with Gasteiger partial charge in [-0.15, -0.1) is 0 Å². The number of likely N-dealkylation sites (N-methyl/N-ethyl adjacent to an activating group) is 1. The SMILES string of the molecule is CN1CCC(Oc2cc(CN3CC[C@H](NC(=O)c4ccc(Cl)c(Cl)c4)C3)ccc2I)C1. The molecule has 0 aliphatic carbocycles. The van der Waals surface area contributed by atoms with Crippen molar-refractivity contribution in [1.82, 2.24) is 15.1 Å². The van der Waals surface area contributed by atoms with Crippen molar-refractivity contribution < 1.29 is 9.53 Å². The van der Waals surface area contributed by atoms with Crippen molar-refractivity contribution in [3.63, 3.8) is 0 Å². The van der Waals surface area contributed by atoms with Gasteiger partial charge in [-0.05, 0) is 78.4 Å². The van der Waals surface area contributed by atoms with Crippen LogP contribution in [0.3, 0.4) is 0 Å². The number of ether oxygens (including phenoxy) is 1. The van der Waals surface area contributed by atoms with Crippen LogP contribution < -0.4 is 10.1 Å². The second kappa shape index (κ2) is 10.3. The maximum absolute atomic E-state index is 12.5. The highest BCUT2D eigenvalue weighted by Gasteiger charge is 2.25. The zero-order valence-electron chi connectivity index (χ0n) is 17.4. The summed E-state index contributed by atoms with van der Waals surface area (Å²) in [6, 6.07) is 11.5. The minimum Gasteiger partial charge on any atom is -0.488 e. The van der Waals surface area contributed by atoms with Gasteiger partial charge >= 0.3 is 0 Å². The molecule has 2 fully saturated rings. The van der Waals surface area contributed by atoms with Crippen molar-refractivity contribution in [1.29, 1.82) is 0 Å². The van der Waals surface area contributed by atoms with E-state index in [1.807, 2.05) is 0 Å². The highest BCUT2D eigenvalue weighted by molar-refractivity contribution is 14.1. The van der Waals surface area contributed by atoms with Crippen LogP contribution in [0.4, 0.5) is 0 Å². The molecule has 2 heterocycles. The lowest BCUT2D eigenvalue weighted by Gasteiger charge is -2.19. The Morgan fingerprint density at radius 2 is 1.97 bits per heavy atom. The summed E-state index contributed by atoms with van der Waals surface area (Å²) in [5, 5.41) is 3.96. The van der Waals surface area contributed by atoms with Crippen LogP contribution in [0.5, 0.6) is 5.75 Å². The Kier molecular flexibility index (Phi) is 7.64. The molecule has 0 radical (unpaired) electrons. The van der Waals surface area contributed by atoms with Crippen LogP contribution in [-0.4, -0.2) is 61.1 Å². The zero-order chi connectivity index (χ0) is 22.0. The molecular formula is C23H26Cl2IN3O2. The Bertz CT molecular complexity index is 958. The molecule has 2 aromatic carbocycles. The van der Waals surface area contributed by atoms with E-state index in [1.54, 1.807) is 18.2 Å². The second-order valence-corrected chi connectivity index (χ2v) is 10.4. The Morgan fingerprint density at radius 1 is 1.13 bits per heavy atom. The average Bonchev–Trinajstić information content (AvgIpc) is 3.35. The summed E-state index contributed by atoms with van der Waals surface area (Å²) in [5.41, 5.74) is 1.77. The number of benzene rings is 2. The lowest BCUT2D eigenvalue weighted by molar-refractivity contribution is 0.0937. The van der Waals surface area contributed by atoms with Crippen molar-refractivity contribution in [2.24, 2.45) is 0 Å². The number of nitrogens with one attached hydrogen (secondary N) is 1. The van der Waals surface area contributed by atoms with Crippen molar-refractivity contribution in [2.45, 2.75) is 31.5 Å². The van der Waals surface area contributed by atoms with E-state index in [0.717, 1.165) is 54.9 Å². The molecule has 0 bridgehead atoms. The third kappa shape index (κ3) is 6.05. The molecule has 0 spiro atoms. The lowest BCUT2D eigenvalue weighted by Crippen LogP contribution is -2.37.